The molecule has 10 rings (SSSR count). The molecule has 3 nitrogen and oxygen atoms in total. The van der Waals surface area contributed by atoms with Crippen LogP contribution in [0.2, 0.25) is 0 Å². The van der Waals surface area contributed by atoms with Crippen molar-refractivity contribution in [2.75, 3.05) is 4.90 Å². The molecular formula is C46H30N2O. The molecule has 0 radical (unpaired) electrons. The van der Waals surface area contributed by atoms with Crippen molar-refractivity contribution in [1.82, 2.24) is 4.57 Å². The number of aromatic nitrogens is 1. The third-order valence-electron chi connectivity index (χ3n) is 9.75. The molecule has 0 N–H and O–H groups in total. The van der Waals surface area contributed by atoms with Crippen molar-refractivity contribution in [3.63, 3.8) is 0 Å². The van der Waals surface area contributed by atoms with Crippen molar-refractivity contribution in [2.24, 2.45) is 0 Å². The molecule has 2 aromatic heterocycles. The number of nitrogens with zero attached hydrogens (tertiary/aromatic N) is 2. The minimum atomic E-state index is 0.884. The summed E-state index contributed by atoms with van der Waals surface area (Å²) >= 11 is 0. The summed E-state index contributed by atoms with van der Waals surface area (Å²) in [5.74, 6) is 0. The summed E-state index contributed by atoms with van der Waals surface area (Å²) in [5.41, 5.74) is 10.7. The van der Waals surface area contributed by atoms with Crippen LogP contribution < -0.4 is 4.90 Å². The highest BCUT2D eigenvalue weighted by atomic mass is 16.3. The molecule has 2 heterocycles. The van der Waals surface area contributed by atoms with E-state index in [0.29, 0.717) is 0 Å². The molecule has 0 unspecified atom stereocenters. The van der Waals surface area contributed by atoms with Crippen LogP contribution in [0.25, 0.3) is 71.3 Å². The Morgan fingerprint density at radius 3 is 1.76 bits per heavy atom. The fraction of sp³-hybridized carbons (Fsp3) is 0. The van der Waals surface area contributed by atoms with E-state index in [1.165, 1.54) is 27.3 Å². The maximum absolute atomic E-state index is 6.97. The van der Waals surface area contributed by atoms with Gasteiger partial charge < -0.3 is 13.9 Å². The molecule has 0 aliphatic heterocycles. The van der Waals surface area contributed by atoms with Crippen LogP contribution in [0.3, 0.4) is 0 Å². The summed E-state index contributed by atoms with van der Waals surface area (Å²) < 4.78 is 9.36. The third kappa shape index (κ3) is 4.29. The predicted molar refractivity (Wildman–Crippen MR) is 206 cm³/mol. The van der Waals surface area contributed by atoms with Crippen LogP contribution in [0, 0.1) is 0 Å². The van der Waals surface area contributed by atoms with E-state index >= 15 is 0 Å². The van der Waals surface area contributed by atoms with Gasteiger partial charge in [-0.15, -0.1) is 0 Å². The smallest absolute Gasteiger partial charge is 0.160 e. The Morgan fingerprint density at radius 1 is 0.449 bits per heavy atom. The van der Waals surface area contributed by atoms with Crippen LogP contribution in [-0.4, -0.2) is 4.57 Å². The standard InChI is InChI=1S/C46H30N2O/c1-4-14-31(15-5-1)32-24-27-36(28-25-32)48-40-23-13-12-22-38(40)44-41(47(34-17-6-2-7-18-34)35-19-8-3-9-20-35)30-39-43-37-21-11-10-16-33(37)26-29-42(43)49-46(39)45(44)48/h1-30H. The molecule has 8 aromatic carbocycles. The zero-order chi connectivity index (χ0) is 32.3. The van der Waals surface area contributed by atoms with Gasteiger partial charge in [0.1, 0.15) is 5.58 Å². The minimum absolute atomic E-state index is 0.884. The monoisotopic (exact) mass is 626 g/mol. The number of benzene rings is 8. The molecule has 0 atom stereocenters. The highest BCUT2D eigenvalue weighted by molar-refractivity contribution is 6.29. The number of anilines is 3. The number of fused-ring (bicyclic) bond motifs is 9. The van der Waals surface area contributed by atoms with Gasteiger partial charge in [-0.05, 0) is 76.5 Å². The average Bonchev–Trinajstić information content (AvgIpc) is 3.73. The molecule has 0 bridgehead atoms. The van der Waals surface area contributed by atoms with Gasteiger partial charge in [-0.1, -0.05) is 127 Å². The molecule has 3 heteroatoms. The minimum Gasteiger partial charge on any atom is -0.454 e. The second-order valence-corrected chi connectivity index (χ2v) is 12.5. The van der Waals surface area contributed by atoms with Gasteiger partial charge in [0.2, 0.25) is 0 Å². The summed E-state index contributed by atoms with van der Waals surface area (Å²) in [5, 5.41) is 6.92. The van der Waals surface area contributed by atoms with Gasteiger partial charge >= 0.3 is 0 Å². The van der Waals surface area contributed by atoms with E-state index in [4.69, 9.17) is 4.42 Å². The zero-order valence-corrected chi connectivity index (χ0v) is 26.6. The van der Waals surface area contributed by atoms with E-state index in [0.717, 1.165) is 61.1 Å². The fourth-order valence-corrected chi connectivity index (χ4v) is 7.59. The summed E-state index contributed by atoms with van der Waals surface area (Å²) in [4.78, 5) is 2.39. The van der Waals surface area contributed by atoms with Gasteiger partial charge in [0.15, 0.2) is 5.58 Å². The van der Waals surface area contributed by atoms with Gasteiger partial charge in [0.05, 0.1) is 16.7 Å². The molecule has 230 valence electrons. The Balaban J connectivity index is 1.38. The van der Waals surface area contributed by atoms with Crippen molar-refractivity contribution in [3.8, 4) is 16.8 Å². The summed E-state index contributed by atoms with van der Waals surface area (Å²) in [7, 11) is 0. The Kier molecular flexibility index (Phi) is 6.18. The van der Waals surface area contributed by atoms with E-state index < -0.39 is 0 Å². The van der Waals surface area contributed by atoms with Gasteiger partial charge in [0, 0.05) is 38.6 Å². The number of hydrogen-bond donors (Lipinski definition) is 0. The second kappa shape index (κ2) is 11.0. The quantitative estimate of drug-likeness (QED) is 0.190. The van der Waals surface area contributed by atoms with Crippen molar-refractivity contribution in [2.45, 2.75) is 0 Å². The molecule has 0 amide bonds. The summed E-state index contributed by atoms with van der Waals surface area (Å²) in [6.45, 7) is 0. The molecule has 0 spiro atoms. The Labute approximate surface area is 283 Å². The number of hydrogen-bond acceptors (Lipinski definition) is 2. The Bertz CT molecular complexity index is 2760. The van der Waals surface area contributed by atoms with Crippen molar-refractivity contribution < 1.29 is 4.42 Å². The number of rotatable bonds is 5. The number of para-hydroxylation sites is 3. The first-order valence-electron chi connectivity index (χ1n) is 16.7. The highest BCUT2D eigenvalue weighted by Crippen LogP contribution is 2.49. The lowest BCUT2D eigenvalue weighted by Crippen LogP contribution is -2.10. The molecule has 0 saturated heterocycles. The predicted octanol–water partition coefficient (Wildman–Crippen LogP) is 13.0. The van der Waals surface area contributed by atoms with Crippen molar-refractivity contribution in [3.05, 3.63) is 182 Å². The first kappa shape index (κ1) is 27.5. The SMILES string of the molecule is c1ccc(-c2ccc(-n3c4ccccc4c4c(N(c5ccccc5)c5ccccc5)cc5c(oc6ccc7ccccc7c65)c43)cc2)cc1. The lowest BCUT2D eigenvalue weighted by atomic mass is 10.0. The van der Waals surface area contributed by atoms with E-state index in [1.54, 1.807) is 0 Å². The van der Waals surface area contributed by atoms with Gasteiger partial charge in [-0.25, -0.2) is 0 Å². The second-order valence-electron chi connectivity index (χ2n) is 12.5. The molecule has 0 aliphatic carbocycles. The largest absolute Gasteiger partial charge is 0.454 e. The molecule has 0 fully saturated rings. The van der Waals surface area contributed by atoms with Gasteiger partial charge in [-0.3, -0.25) is 0 Å². The maximum atomic E-state index is 6.97. The third-order valence-corrected chi connectivity index (χ3v) is 9.75. The molecular weight excluding hydrogens is 597 g/mol. The normalized spacial score (nSPS) is 11.7. The van der Waals surface area contributed by atoms with Crippen LogP contribution in [0.4, 0.5) is 17.1 Å². The summed E-state index contributed by atoms with van der Waals surface area (Å²) in [6.07, 6.45) is 0. The first-order valence-corrected chi connectivity index (χ1v) is 16.7. The zero-order valence-electron chi connectivity index (χ0n) is 26.6. The molecule has 0 saturated carbocycles. The van der Waals surface area contributed by atoms with E-state index in [1.807, 2.05) is 0 Å². The first-order chi connectivity index (χ1) is 24.3. The average molecular weight is 627 g/mol. The van der Waals surface area contributed by atoms with Crippen LogP contribution in [0.5, 0.6) is 0 Å². The molecule has 10 aromatic rings. The van der Waals surface area contributed by atoms with Gasteiger partial charge in [0.25, 0.3) is 0 Å². The van der Waals surface area contributed by atoms with Crippen LogP contribution in [-0.2, 0) is 0 Å². The maximum Gasteiger partial charge on any atom is 0.160 e. The topological polar surface area (TPSA) is 21.3 Å². The van der Waals surface area contributed by atoms with Crippen molar-refractivity contribution in [1.29, 1.82) is 0 Å². The molecule has 49 heavy (non-hydrogen) atoms. The fourth-order valence-electron chi connectivity index (χ4n) is 7.59. The van der Waals surface area contributed by atoms with Gasteiger partial charge in [-0.2, -0.15) is 0 Å². The molecule has 0 aliphatic rings. The Morgan fingerprint density at radius 2 is 1.04 bits per heavy atom. The van der Waals surface area contributed by atoms with E-state index in [-0.39, 0.29) is 0 Å². The highest BCUT2D eigenvalue weighted by Gasteiger charge is 2.26. The van der Waals surface area contributed by atoms with E-state index in [9.17, 15) is 0 Å². The lowest BCUT2D eigenvalue weighted by Gasteiger charge is -2.26. The van der Waals surface area contributed by atoms with Crippen LogP contribution >= 0.6 is 0 Å². The van der Waals surface area contributed by atoms with E-state index in [2.05, 4.69) is 191 Å². The Hall–Kier alpha value is -6.58. The van der Waals surface area contributed by atoms with Crippen LogP contribution in [0.1, 0.15) is 0 Å². The summed E-state index contributed by atoms with van der Waals surface area (Å²) in [6, 6.07) is 64.8. The number of furan rings is 1. The van der Waals surface area contributed by atoms with Crippen LogP contribution in [0.15, 0.2) is 186 Å². The lowest BCUT2D eigenvalue weighted by molar-refractivity contribution is 0.671. The van der Waals surface area contributed by atoms with Crippen molar-refractivity contribution >= 4 is 71.6 Å².